The highest BCUT2D eigenvalue weighted by molar-refractivity contribution is 5.73. The molecule has 1 heterocycles. The van der Waals surface area contributed by atoms with Crippen molar-refractivity contribution in [2.45, 2.75) is 18.4 Å². The van der Waals surface area contributed by atoms with Crippen molar-refractivity contribution in [2.75, 3.05) is 6.61 Å². The summed E-state index contributed by atoms with van der Waals surface area (Å²) in [5, 5.41) is 18.3. The fraction of sp³-hybridized carbons (Fsp3) is 0.364. The molecule has 4 nitrogen and oxygen atoms in total. The van der Waals surface area contributed by atoms with E-state index in [4.69, 9.17) is 9.84 Å². The van der Waals surface area contributed by atoms with Crippen molar-refractivity contribution in [1.29, 1.82) is 0 Å². The lowest BCUT2D eigenvalue weighted by Gasteiger charge is -2.27. The summed E-state index contributed by atoms with van der Waals surface area (Å²) in [5.74, 6) is -2.39. The van der Waals surface area contributed by atoms with Crippen molar-refractivity contribution in [3.8, 4) is 5.75 Å². The number of carboxylic acids is 1. The number of aliphatic carboxylic acids is 1. The molecule has 1 aliphatic heterocycles. The number of hydrogen-bond acceptors (Lipinski definition) is 3. The molecule has 0 amide bonds. The van der Waals surface area contributed by atoms with Crippen LogP contribution in [0, 0.1) is 5.82 Å². The number of ether oxygens (including phenoxy) is 1. The molecule has 0 saturated heterocycles. The first-order valence-corrected chi connectivity index (χ1v) is 4.93. The van der Waals surface area contributed by atoms with Crippen molar-refractivity contribution in [3.05, 3.63) is 29.6 Å². The van der Waals surface area contributed by atoms with E-state index in [1.165, 1.54) is 12.1 Å². The summed E-state index contributed by atoms with van der Waals surface area (Å²) in [6.07, 6.45) is -1.16. The molecule has 0 radical (unpaired) electrons. The molecule has 2 N–H and O–H groups in total. The second-order valence-corrected chi connectivity index (χ2v) is 3.68. The van der Waals surface area contributed by atoms with Gasteiger partial charge in [-0.05, 0) is 12.5 Å². The van der Waals surface area contributed by atoms with Crippen LogP contribution in [-0.2, 0) is 4.79 Å². The van der Waals surface area contributed by atoms with Gasteiger partial charge in [0.15, 0.2) is 17.7 Å². The molecule has 0 spiro atoms. The number of carboxylic acid groups (broad SMARTS) is 1. The standard InChI is InChI=1S/C11H11FO4/c12-8-3-1-2-7-6(9(13)11(14)15)4-5-16-10(7)8/h1-3,6,9,13H,4-5H2,(H,14,15). The van der Waals surface area contributed by atoms with Gasteiger partial charge >= 0.3 is 5.97 Å². The second kappa shape index (κ2) is 4.09. The average molecular weight is 226 g/mol. The lowest BCUT2D eigenvalue weighted by Crippen LogP contribution is -2.31. The molecule has 1 aliphatic rings. The fourth-order valence-electron chi connectivity index (χ4n) is 1.91. The van der Waals surface area contributed by atoms with Crippen LogP contribution < -0.4 is 4.74 Å². The first-order chi connectivity index (χ1) is 7.61. The highest BCUT2D eigenvalue weighted by Gasteiger charge is 2.33. The van der Waals surface area contributed by atoms with Crippen LogP contribution in [0.1, 0.15) is 17.9 Å². The summed E-state index contributed by atoms with van der Waals surface area (Å²) in [5.41, 5.74) is 0.418. The van der Waals surface area contributed by atoms with E-state index in [1.807, 2.05) is 0 Å². The Morgan fingerprint density at radius 1 is 1.56 bits per heavy atom. The summed E-state index contributed by atoms with van der Waals surface area (Å²) in [4.78, 5) is 10.7. The van der Waals surface area contributed by atoms with Crippen LogP contribution in [0.15, 0.2) is 18.2 Å². The van der Waals surface area contributed by atoms with Crippen LogP contribution in [0.25, 0.3) is 0 Å². The molecule has 0 bridgehead atoms. The van der Waals surface area contributed by atoms with Crippen LogP contribution >= 0.6 is 0 Å². The topological polar surface area (TPSA) is 66.8 Å². The summed E-state index contributed by atoms with van der Waals surface area (Å²) in [7, 11) is 0. The number of fused-ring (bicyclic) bond motifs is 1. The Kier molecular flexibility index (Phi) is 2.78. The molecule has 2 unspecified atom stereocenters. The maximum absolute atomic E-state index is 13.4. The van der Waals surface area contributed by atoms with Gasteiger partial charge in [0.05, 0.1) is 6.61 Å². The zero-order valence-electron chi connectivity index (χ0n) is 8.39. The highest BCUT2D eigenvalue weighted by atomic mass is 19.1. The second-order valence-electron chi connectivity index (χ2n) is 3.68. The Morgan fingerprint density at radius 2 is 2.31 bits per heavy atom. The van der Waals surface area contributed by atoms with Gasteiger partial charge in [0.1, 0.15) is 0 Å². The summed E-state index contributed by atoms with van der Waals surface area (Å²) < 4.78 is 18.5. The largest absolute Gasteiger partial charge is 0.490 e. The minimum Gasteiger partial charge on any atom is -0.490 e. The fourth-order valence-corrected chi connectivity index (χ4v) is 1.91. The van der Waals surface area contributed by atoms with E-state index in [9.17, 15) is 14.3 Å². The van der Waals surface area contributed by atoms with Crippen molar-refractivity contribution < 1.29 is 24.1 Å². The summed E-state index contributed by atoms with van der Waals surface area (Å²) >= 11 is 0. The molecule has 86 valence electrons. The van der Waals surface area contributed by atoms with Crippen molar-refractivity contribution in [2.24, 2.45) is 0 Å². The molecule has 16 heavy (non-hydrogen) atoms. The number of hydrogen-bond donors (Lipinski definition) is 2. The first-order valence-electron chi connectivity index (χ1n) is 4.93. The van der Waals surface area contributed by atoms with Crippen molar-refractivity contribution >= 4 is 5.97 Å². The molecule has 1 aromatic carbocycles. The van der Waals surface area contributed by atoms with E-state index in [1.54, 1.807) is 6.07 Å². The summed E-state index contributed by atoms with van der Waals surface area (Å²) in [6, 6.07) is 4.30. The van der Waals surface area contributed by atoms with E-state index >= 15 is 0 Å². The van der Waals surface area contributed by atoms with Crippen LogP contribution in [0.3, 0.4) is 0 Å². The van der Waals surface area contributed by atoms with Gasteiger partial charge in [-0.25, -0.2) is 9.18 Å². The lowest BCUT2D eigenvalue weighted by atomic mass is 9.88. The van der Waals surface area contributed by atoms with E-state index in [-0.39, 0.29) is 12.4 Å². The Bertz CT molecular complexity index is 418. The van der Waals surface area contributed by atoms with Gasteiger partial charge in [-0.2, -0.15) is 0 Å². The van der Waals surface area contributed by atoms with E-state index in [0.29, 0.717) is 12.0 Å². The molecular weight excluding hydrogens is 215 g/mol. The maximum atomic E-state index is 13.4. The number of aliphatic hydroxyl groups excluding tert-OH is 1. The SMILES string of the molecule is O=C(O)C(O)C1CCOc2c(F)cccc21. The summed E-state index contributed by atoms with van der Waals surface area (Å²) in [6.45, 7) is 0.211. The Labute approximate surface area is 91.3 Å². The maximum Gasteiger partial charge on any atom is 0.333 e. The van der Waals surface area contributed by atoms with E-state index in [0.717, 1.165) is 0 Å². The van der Waals surface area contributed by atoms with Crippen LogP contribution in [0.4, 0.5) is 4.39 Å². The van der Waals surface area contributed by atoms with Gasteiger partial charge in [-0.1, -0.05) is 12.1 Å². The smallest absolute Gasteiger partial charge is 0.333 e. The highest BCUT2D eigenvalue weighted by Crippen LogP contribution is 2.37. The Morgan fingerprint density at radius 3 is 3.00 bits per heavy atom. The minimum atomic E-state index is -1.52. The third kappa shape index (κ3) is 1.74. The molecule has 0 aromatic heterocycles. The quantitative estimate of drug-likeness (QED) is 0.793. The van der Waals surface area contributed by atoms with E-state index < -0.39 is 23.8 Å². The lowest BCUT2D eigenvalue weighted by molar-refractivity contribution is -0.148. The molecule has 1 aromatic rings. The predicted octanol–water partition coefficient (Wildman–Crippen LogP) is 1.14. The number of rotatable bonds is 2. The third-order valence-electron chi connectivity index (χ3n) is 2.71. The number of benzene rings is 1. The van der Waals surface area contributed by atoms with Crippen molar-refractivity contribution in [1.82, 2.24) is 0 Å². The van der Waals surface area contributed by atoms with Gasteiger partial charge < -0.3 is 14.9 Å². The van der Waals surface area contributed by atoms with Gasteiger partial charge in [-0.15, -0.1) is 0 Å². The van der Waals surface area contributed by atoms with Gasteiger partial charge in [0, 0.05) is 11.5 Å². The molecule has 0 fully saturated rings. The molecule has 5 heteroatoms. The number of halogens is 1. The monoisotopic (exact) mass is 226 g/mol. The average Bonchev–Trinajstić information content (AvgIpc) is 2.28. The Balaban J connectivity index is 2.40. The minimum absolute atomic E-state index is 0.0547. The van der Waals surface area contributed by atoms with Crippen LogP contribution in [-0.4, -0.2) is 28.9 Å². The van der Waals surface area contributed by atoms with Gasteiger partial charge in [-0.3, -0.25) is 0 Å². The van der Waals surface area contributed by atoms with Crippen molar-refractivity contribution in [3.63, 3.8) is 0 Å². The molecule has 2 atom stereocenters. The molecule has 2 rings (SSSR count). The molecular formula is C11H11FO4. The normalized spacial score (nSPS) is 20.8. The van der Waals surface area contributed by atoms with Crippen LogP contribution in [0.2, 0.25) is 0 Å². The molecule has 0 aliphatic carbocycles. The van der Waals surface area contributed by atoms with Gasteiger partial charge in [0.2, 0.25) is 0 Å². The third-order valence-corrected chi connectivity index (χ3v) is 2.71. The first kappa shape index (κ1) is 10.9. The number of aliphatic hydroxyl groups is 1. The number of carbonyl (C=O) groups is 1. The van der Waals surface area contributed by atoms with Crippen LogP contribution in [0.5, 0.6) is 5.75 Å². The Hall–Kier alpha value is -1.62. The number of para-hydroxylation sites is 1. The zero-order chi connectivity index (χ0) is 11.7. The van der Waals surface area contributed by atoms with E-state index in [2.05, 4.69) is 0 Å². The zero-order valence-corrected chi connectivity index (χ0v) is 8.39. The predicted molar refractivity (Wildman–Crippen MR) is 52.9 cm³/mol. The molecule has 0 saturated carbocycles. The van der Waals surface area contributed by atoms with Gasteiger partial charge in [0.25, 0.3) is 0 Å².